The van der Waals surface area contributed by atoms with Gasteiger partial charge >= 0.3 is 0 Å². The van der Waals surface area contributed by atoms with Crippen LogP contribution in [-0.4, -0.2) is 71.5 Å². The lowest BCUT2D eigenvalue weighted by Crippen LogP contribution is -2.50. The van der Waals surface area contributed by atoms with E-state index in [-0.39, 0.29) is 18.2 Å². The Morgan fingerprint density at radius 3 is 2.53 bits per heavy atom. The summed E-state index contributed by atoms with van der Waals surface area (Å²) in [5.41, 5.74) is 0. The van der Waals surface area contributed by atoms with E-state index in [1.165, 1.54) is 6.42 Å². The predicted molar refractivity (Wildman–Crippen MR) is 67.9 cm³/mol. The van der Waals surface area contributed by atoms with Gasteiger partial charge in [0.2, 0.25) is 0 Å². The van der Waals surface area contributed by atoms with Gasteiger partial charge in [0.25, 0.3) is 0 Å². The molecule has 2 rings (SSSR count). The number of hydrogen-bond donors (Lipinski definition) is 2. The molecule has 17 heavy (non-hydrogen) atoms. The summed E-state index contributed by atoms with van der Waals surface area (Å²) in [4.78, 5) is 4.53. The van der Waals surface area contributed by atoms with Gasteiger partial charge in [0.15, 0.2) is 0 Å². The molecular formula is C13H26N2O2. The molecular weight excluding hydrogens is 216 g/mol. The molecule has 1 heterocycles. The van der Waals surface area contributed by atoms with Crippen LogP contribution in [0.1, 0.15) is 32.1 Å². The van der Waals surface area contributed by atoms with Crippen LogP contribution in [0.25, 0.3) is 0 Å². The lowest BCUT2D eigenvalue weighted by atomic mass is 9.91. The van der Waals surface area contributed by atoms with Crippen LogP contribution in [0.3, 0.4) is 0 Å². The van der Waals surface area contributed by atoms with Crippen molar-refractivity contribution in [2.75, 3.05) is 27.2 Å². The van der Waals surface area contributed by atoms with Crippen molar-refractivity contribution in [2.24, 2.45) is 0 Å². The second-order valence-corrected chi connectivity index (χ2v) is 5.92. The molecule has 4 unspecified atom stereocenters. The molecule has 0 aromatic heterocycles. The van der Waals surface area contributed by atoms with Crippen LogP contribution in [0.15, 0.2) is 0 Å². The minimum Gasteiger partial charge on any atom is -0.392 e. The summed E-state index contributed by atoms with van der Waals surface area (Å²) in [6.45, 7) is 1.71. The summed E-state index contributed by atoms with van der Waals surface area (Å²) in [6.07, 6.45) is 4.80. The van der Waals surface area contributed by atoms with E-state index in [4.69, 9.17) is 0 Å². The third kappa shape index (κ3) is 3.19. The topological polar surface area (TPSA) is 46.9 Å². The zero-order valence-electron chi connectivity index (χ0n) is 11.0. The third-order valence-electron chi connectivity index (χ3n) is 4.13. The summed E-state index contributed by atoms with van der Waals surface area (Å²) >= 11 is 0. The van der Waals surface area contributed by atoms with Crippen LogP contribution in [0.5, 0.6) is 0 Å². The molecule has 100 valence electrons. The van der Waals surface area contributed by atoms with Crippen molar-refractivity contribution in [2.45, 2.75) is 56.4 Å². The number of likely N-dealkylation sites (N-methyl/N-ethyl adjacent to an activating group) is 1. The van der Waals surface area contributed by atoms with Crippen LogP contribution in [0, 0.1) is 0 Å². The number of aliphatic hydroxyl groups excluding tert-OH is 2. The maximum Gasteiger partial charge on any atom is 0.0695 e. The van der Waals surface area contributed by atoms with Gasteiger partial charge < -0.3 is 15.1 Å². The van der Waals surface area contributed by atoms with E-state index in [9.17, 15) is 10.2 Å². The fraction of sp³-hybridized carbons (Fsp3) is 1.00. The Morgan fingerprint density at radius 2 is 1.88 bits per heavy atom. The van der Waals surface area contributed by atoms with E-state index in [1.807, 2.05) is 0 Å². The van der Waals surface area contributed by atoms with Gasteiger partial charge in [-0.2, -0.15) is 0 Å². The molecule has 0 radical (unpaired) electrons. The molecule has 0 aromatic rings. The summed E-state index contributed by atoms with van der Waals surface area (Å²) in [7, 11) is 4.14. The highest BCUT2D eigenvalue weighted by molar-refractivity contribution is 4.94. The predicted octanol–water partition coefficient (Wildman–Crippen LogP) is 0.287. The number of nitrogens with zero attached hydrogens (tertiary/aromatic N) is 2. The highest BCUT2D eigenvalue weighted by atomic mass is 16.3. The Balaban J connectivity index is 2.00. The molecule has 0 bridgehead atoms. The average molecular weight is 242 g/mol. The molecule has 0 spiro atoms. The fourth-order valence-electron chi connectivity index (χ4n) is 3.40. The molecule has 4 heteroatoms. The van der Waals surface area contributed by atoms with Crippen molar-refractivity contribution in [1.82, 2.24) is 9.80 Å². The molecule has 4 nitrogen and oxygen atoms in total. The van der Waals surface area contributed by atoms with Crippen LogP contribution in [-0.2, 0) is 0 Å². The van der Waals surface area contributed by atoms with E-state index in [1.54, 1.807) is 0 Å². The summed E-state index contributed by atoms with van der Waals surface area (Å²) in [5, 5.41) is 20.0. The van der Waals surface area contributed by atoms with Crippen molar-refractivity contribution < 1.29 is 10.2 Å². The van der Waals surface area contributed by atoms with Crippen molar-refractivity contribution in [3.05, 3.63) is 0 Å². The molecule has 2 aliphatic rings. The van der Waals surface area contributed by atoms with Gasteiger partial charge in [-0.1, -0.05) is 12.8 Å². The van der Waals surface area contributed by atoms with Crippen molar-refractivity contribution in [3.63, 3.8) is 0 Å². The molecule has 1 aliphatic heterocycles. The normalized spacial score (nSPS) is 40.1. The van der Waals surface area contributed by atoms with Gasteiger partial charge in [-0.3, -0.25) is 4.90 Å². The lowest BCUT2D eigenvalue weighted by molar-refractivity contribution is 0.00605. The summed E-state index contributed by atoms with van der Waals surface area (Å²) < 4.78 is 0. The standard InChI is InChI=1S/C13H26N2O2/c1-14(2)8-10-7-11(16)9-15(10)12-5-3-4-6-13(12)17/h10-13,16-17H,3-9H2,1-2H3. The summed E-state index contributed by atoms with van der Waals surface area (Å²) in [5.74, 6) is 0. The Morgan fingerprint density at radius 1 is 1.18 bits per heavy atom. The van der Waals surface area contributed by atoms with Gasteiger partial charge in [0.1, 0.15) is 0 Å². The number of β-amino-alcohol motifs (C(OH)–C–C–N with tert-alkyl or cyclic N) is 1. The van der Waals surface area contributed by atoms with Gasteiger partial charge in [-0.25, -0.2) is 0 Å². The molecule has 1 saturated heterocycles. The smallest absolute Gasteiger partial charge is 0.0695 e. The number of hydrogen-bond acceptors (Lipinski definition) is 4. The molecule has 0 amide bonds. The van der Waals surface area contributed by atoms with E-state index in [2.05, 4.69) is 23.9 Å². The van der Waals surface area contributed by atoms with E-state index in [0.717, 1.165) is 38.8 Å². The molecule has 0 aromatic carbocycles. The summed E-state index contributed by atoms with van der Waals surface area (Å²) in [6, 6.07) is 0.670. The fourth-order valence-corrected chi connectivity index (χ4v) is 3.40. The molecule has 2 fully saturated rings. The second kappa shape index (κ2) is 5.65. The highest BCUT2D eigenvalue weighted by Crippen LogP contribution is 2.29. The minimum atomic E-state index is -0.214. The first kappa shape index (κ1) is 13.3. The quantitative estimate of drug-likeness (QED) is 0.746. The van der Waals surface area contributed by atoms with Gasteiger partial charge in [-0.05, 0) is 33.4 Å². The van der Waals surface area contributed by atoms with E-state index >= 15 is 0 Å². The zero-order valence-corrected chi connectivity index (χ0v) is 11.0. The van der Waals surface area contributed by atoms with Crippen molar-refractivity contribution in [1.29, 1.82) is 0 Å². The van der Waals surface area contributed by atoms with Crippen LogP contribution in [0.4, 0.5) is 0 Å². The Kier molecular flexibility index (Phi) is 4.42. The minimum absolute atomic E-state index is 0.196. The zero-order chi connectivity index (χ0) is 12.4. The van der Waals surface area contributed by atoms with Crippen LogP contribution < -0.4 is 0 Å². The largest absolute Gasteiger partial charge is 0.392 e. The molecule has 4 atom stereocenters. The maximum atomic E-state index is 10.1. The van der Waals surface area contributed by atoms with Gasteiger partial charge in [0, 0.05) is 25.2 Å². The second-order valence-electron chi connectivity index (χ2n) is 5.92. The maximum absolute atomic E-state index is 10.1. The number of likely N-dealkylation sites (tertiary alicyclic amines) is 1. The average Bonchev–Trinajstić information content (AvgIpc) is 2.59. The SMILES string of the molecule is CN(C)CC1CC(O)CN1C1CCCCC1O. The Hall–Kier alpha value is -0.160. The Bertz CT molecular complexity index is 248. The number of rotatable bonds is 3. The Labute approximate surface area is 104 Å². The monoisotopic (exact) mass is 242 g/mol. The van der Waals surface area contributed by atoms with Crippen molar-refractivity contribution in [3.8, 4) is 0 Å². The van der Waals surface area contributed by atoms with Gasteiger partial charge in [0.05, 0.1) is 12.2 Å². The van der Waals surface area contributed by atoms with Crippen LogP contribution in [0.2, 0.25) is 0 Å². The van der Waals surface area contributed by atoms with E-state index < -0.39 is 0 Å². The van der Waals surface area contributed by atoms with Crippen molar-refractivity contribution >= 4 is 0 Å². The van der Waals surface area contributed by atoms with Crippen LogP contribution >= 0.6 is 0 Å². The molecule has 2 N–H and O–H groups in total. The highest BCUT2D eigenvalue weighted by Gasteiger charge is 2.39. The lowest BCUT2D eigenvalue weighted by Gasteiger charge is -2.39. The first-order valence-corrected chi connectivity index (χ1v) is 6.84. The molecule has 1 aliphatic carbocycles. The third-order valence-corrected chi connectivity index (χ3v) is 4.13. The number of aliphatic hydroxyl groups is 2. The first-order valence-electron chi connectivity index (χ1n) is 6.84. The molecule has 1 saturated carbocycles. The first-order chi connectivity index (χ1) is 8.08. The van der Waals surface area contributed by atoms with E-state index in [0.29, 0.717) is 6.04 Å². The van der Waals surface area contributed by atoms with Gasteiger partial charge in [-0.15, -0.1) is 0 Å².